The third kappa shape index (κ3) is 0.789. The Morgan fingerprint density at radius 2 is 2.20 bits per heavy atom. The van der Waals surface area contributed by atoms with Crippen molar-refractivity contribution in [1.29, 1.82) is 0 Å². The summed E-state index contributed by atoms with van der Waals surface area (Å²) in [5.41, 5.74) is 0. The molecule has 2 nitrogen and oxygen atoms in total. The fourth-order valence-corrected chi connectivity index (χ4v) is 2.06. The first-order valence-electron chi connectivity index (χ1n) is 4.14. The molecule has 1 saturated carbocycles. The molecule has 0 aromatic heterocycles. The molecule has 2 heterocycles. The van der Waals surface area contributed by atoms with Crippen LogP contribution in [-0.2, 0) is 4.74 Å². The van der Waals surface area contributed by atoms with Crippen molar-refractivity contribution >= 4 is 0 Å². The topological polar surface area (TPSA) is 29.5 Å². The second-order valence-corrected chi connectivity index (χ2v) is 3.43. The van der Waals surface area contributed by atoms with E-state index in [1.54, 1.807) is 0 Å². The maximum absolute atomic E-state index is 9.55. The summed E-state index contributed by atoms with van der Waals surface area (Å²) in [5.74, 6) is 0.512. The summed E-state index contributed by atoms with van der Waals surface area (Å²) in [6.07, 6.45) is 3.76. The van der Waals surface area contributed by atoms with Crippen LogP contribution in [0.25, 0.3) is 0 Å². The van der Waals surface area contributed by atoms with Crippen LogP contribution < -0.4 is 0 Å². The summed E-state index contributed by atoms with van der Waals surface area (Å²) in [7, 11) is 0. The van der Waals surface area contributed by atoms with Crippen molar-refractivity contribution in [3.8, 4) is 0 Å². The zero-order chi connectivity index (χ0) is 7.14. The van der Waals surface area contributed by atoms with Gasteiger partial charge in [0.15, 0.2) is 0 Å². The molecule has 2 saturated heterocycles. The smallest absolute Gasteiger partial charge is 0.0865 e. The van der Waals surface area contributed by atoms with Gasteiger partial charge in [-0.1, -0.05) is 13.3 Å². The molecule has 2 bridgehead atoms. The third-order valence-electron chi connectivity index (χ3n) is 2.82. The highest BCUT2D eigenvalue weighted by atomic mass is 16.5. The Balaban J connectivity index is 1.99. The normalized spacial score (nSPS) is 52.2. The van der Waals surface area contributed by atoms with Crippen LogP contribution in [0.15, 0.2) is 0 Å². The highest BCUT2D eigenvalue weighted by Gasteiger charge is 2.45. The van der Waals surface area contributed by atoms with Crippen LogP contribution in [0.3, 0.4) is 0 Å². The summed E-state index contributed by atoms with van der Waals surface area (Å²) in [4.78, 5) is 0. The molecule has 0 aromatic carbocycles. The summed E-state index contributed by atoms with van der Waals surface area (Å²) in [5, 5.41) is 9.55. The van der Waals surface area contributed by atoms with Crippen LogP contribution in [0.2, 0.25) is 0 Å². The third-order valence-corrected chi connectivity index (χ3v) is 2.82. The van der Waals surface area contributed by atoms with E-state index in [0.717, 1.165) is 19.3 Å². The van der Waals surface area contributed by atoms with E-state index in [1.807, 2.05) is 0 Å². The van der Waals surface area contributed by atoms with Gasteiger partial charge in [0, 0.05) is 6.42 Å². The van der Waals surface area contributed by atoms with E-state index in [9.17, 15) is 5.11 Å². The van der Waals surface area contributed by atoms with Gasteiger partial charge in [-0.15, -0.1) is 0 Å². The lowest BCUT2D eigenvalue weighted by Crippen LogP contribution is -2.54. The van der Waals surface area contributed by atoms with Gasteiger partial charge in [-0.25, -0.2) is 0 Å². The van der Waals surface area contributed by atoms with E-state index in [2.05, 4.69) is 6.92 Å². The van der Waals surface area contributed by atoms with Crippen molar-refractivity contribution in [3.05, 3.63) is 0 Å². The number of aliphatic hydroxyl groups excluding tert-OH is 1. The van der Waals surface area contributed by atoms with E-state index in [1.165, 1.54) is 0 Å². The van der Waals surface area contributed by atoms with Gasteiger partial charge >= 0.3 is 0 Å². The SMILES string of the molecule is CC[C@@H]1C[C@H]2C[C@H](O2)[C@H]1O. The van der Waals surface area contributed by atoms with Gasteiger partial charge in [0.2, 0.25) is 0 Å². The summed E-state index contributed by atoms with van der Waals surface area (Å²) in [6, 6.07) is 0. The van der Waals surface area contributed by atoms with E-state index in [-0.39, 0.29) is 12.2 Å². The molecule has 2 heteroatoms. The summed E-state index contributed by atoms with van der Waals surface area (Å²) < 4.78 is 5.37. The van der Waals surface area contributed by atoms with Crippen molar-refractivity contribution in [3.63, 3.8) is 0 Å². The average Bonchev–Trinajstić information content (AvgIpc) is 1.85. The van der Waals surface area contributed by atoms with E-state index in [0.29, 0.717) is 12.0 Å². The van der Waals surface area contributed by atoms with E-state index < -0.39 is 0 Å². The minimum atomic E-state index is -0.171. The van der Waals surface area contributed by atoms with Gasteiger partial charge in [-0.05, 0) is 12.3 Å². The standard InChI is InChI=1S/C8H14O2/c1-2-5-3-6-4-7(10-6)8(5)9/h5-9H,2-4H2,1H3/t5-,6+,7+,8+/m1/s1. The number of rotatable bonds is 1. The Labute approximate surface area is 61.2 Å². The second-order valence-electron chi connectivity index (χ2n) is 3.43. The highest BCUT2D eigenvalue weighted by molar-refractivity contribution is 4.94. The van der Waals surface area contributed by atoms with Crippen LogP contribution in [-0.4, -0.2) is 23.4 Å². The van der Waals surface area contributed by atoms with Gasteiger partial charge < -0.3 is 9.84 Å². The maximum Gasteiger partial charge on any atom is 0.0865 e. The molecule has 4 atom stereocenters. The molecule has 2 aliphatic heterocycles. The molecule has 3 fully saturated rings. The molecule has 1 N–H and O–H groups in total. The Kier molecular flexibility index (Phi) is 1.46. The lowest BCUT2D eigenvalue weighted by atomic mass is 9.77. The molecule has 0 spiro atoms. The van der Waals surface area contributed by atoms with Crippen LogP contribution in [0.1, 0.15) is 26.2 Å². The van der Waals surface area contributed by atoms with Crippen molar-refractivity contribution in [2.75, 3.05) is 0 Å². The van der Waals surface area contributed by atoms with Gasteiger partial charge in [0.05, 0.1) is 18.3 Å². The maximum atomic E-state index is 9.55. The first-order chi connectivity index (χ1) is 4.81. The van der Waals surface area contributed by atoms with Crippen LogP contribution >= 0.6 is 0 Å². The molecule has 0 aromatic rings. The molecule has 3 aliphatic rings. The number of fused-ring (bicyclic) bond motifs is 2. The van der Waals surface area contributed by atoms with Gasteiger partial charge in [-0.2, -0.15) is 0 Å². The van der Waals surface area contributed by atoms with Gasteiger partial charge in [0.1, 0.15) is 0 Å². The number of ether oxygens (including phenoxy) is 1. The predicted molar refractivity (Wildman–Crippen MR) is 37.7 cm³/mol. The zero-order valence-corrected chi connectivity index (χ0v) is 6.29. The van der Waals surface area contributed by atoms with Crippen LogP contribution in [0, 0.1) is 5.92 Å². The summed E-state index contributed by atoms with van der Waals surface area (Å²) >= 11 is 0. The lowest BCUT2D eigenvalue weighted by Gasteiger charge is -2.48. The average molecular weight is 142 g/mol. The minimum absolute atomic E-state index is 0.171. The quantitative estimate of drug-likeness (QED) is 0.590. The number of hydrogen-bond acceptors (Lipinski definition) is 2. The Hall–Kier alpha value is -0.0800. The Morgan fingerprint density at radius 1 is 1.50 bits per heavy atom. The van der Waals surface area contributed by atoms with Crippen molar-refractivity contribution in [2.45, 2.75) is 44.5 Å². The number of aliphatic hydroxyl groups is 1. The first kappa shape index (κ1) is 6.62. The van der Waals surface area contributed by atoms with E-state index >= 15 is 0 Å². The molecule has 58 valence electrons. The minimum Gasteiger partial charge on any atom is -0.390 e. The lowest BCUT2D eigenvalue weighted by molar-refractivity contribution is -0.228. The largest absolute Gasteiger partial charge is 0.390 e. The molecule has 0 amide bonds. The van der Waals surface area contributed by atoms with Gasteiger partial charge in [-0.3, -0.25) is 0 Å². The monoisotopic (exact) mass is 142 g/mol. The van der Waals surface area contributed by atoms with Crippen LogP contribution in [0.4, 0.5) is 0 Å². The first-order valence-corrected chi connectivity index (χ1v) is 4.14. The predicted octanol–water partition coefficient (Wildman–Crippen LogP) is 0.935. The fraction of sp³-hybridized carbons (Fsp3) is 1.00. The highest BCUT2D eigenvalue weighted by Crippen LogP contribution is 2.39. The molecular formula is C8H14O2. The molecule has 0 radical (unpaired) electrons. The fourth-order valence-electron chi connectivity index (χ4n) is 2.06. The molecule has 10 heavy (non-hydrogen) atoms. The van der Waals surface area contributed by atoms with E-state index in [4.69, 9.17) is 4.74 Å². The van der Waals surface area contributed by atoms with Crippen molar-refractivity contribution in [1.82, 2.24) is 0 Å². The Morgan fingerprint density at radius 3 is 2.60 bits per heavy atom. The number of hydrogen-bond donors (Lipinski definition) is 1. The van der Waals surface area contributed by atoms with Crippen LogP contribution in [0.5, 0.6) is 0 Å². The molecular weight excluding hydrogens is 128 g/mol. The molecule has 3 rings (SSSR count). The van der Waals surface area contributed by atoms with Gasteiger partial charge in [0.25, 0.3) is 0 Å². The second kappa shape index (κ2) is 2.21. The zero-order valence-electron chi connectivity index (χ0n) is 6.29. The van der Waals surface area contributed by atoms with Crippen molar-refractivity contribution < 1.29 is 9.84 Å². The summed E-state index contributed by atoms with van der Waals surface area (Å²) in [6.45, 7) is 2.14. The molecule has 0 unspecified atom stereocenters. The van der Waals surface area contributed by atoms with Crippen molar-refractivity contribution in [2.24, 2.45) is 5.92 Å². The molecule has 1 aliphatic carbocycles. The Bertz CT molecular complexity index is 129.